The Morgan fingerprint density at radius 1 is 1.19 bits per heavy atom. The summed E-state index contributed by atoms with van der Waals surface area (Å²) in [5.41, 5.74) is 3.31. The van der Waals surface area contributed by atoms with Gasteiger partial charge in [0.25, 0.3) is 0 Å². The van der Waals surface area contributed by atoms with E-state index < -0.39 is 0 Å². The van der Waals surface area contributed by atoms with Gasteiger partial charge in [0.15, 0.2) is 6.33 Å². The molecule has 1 aromatic heterocycles. The molecular formula is C13H16N3. The van der Waals surface area contributed by atoms with Crippen LogP contribution in [0.4, 0.5) is 5.69 Å². The molecular weight excluding hydrogens is 198 g/mol. The van der Waals surface area contributed by atoms with Crippen molar-refractivity contribution in [1.29, 1.82) is 0 Å². The van der Waals surface area contributed by atoms with E-state index in [-0.39, 0.29) is 0 Å². The van der Waals surface area contributed by atoms with Gasteiger partial charge in [-0.3, -0.25) is 0 Å². The number of hydrogen-bond acceptors (Lipinski definition) is 2. The van der Waals surface area contributed by atoms with E-state index in [2.05, 4.69) is 59.3 Å². The van der Waals surface area contributed by atoms with Crippen LogP contribution in [-0.4, -0.2) is 23.1 Å². The smallest absolute Gasteiger partial charge is 0.174 e. The second-order valence-electron chi connectivity index (χ2n) is 3.62. The number of rotatable bonds is 4. The average Bonchev–Trinajstić information content (AvgIpc) is 2.85. The van der Waals surface area contributed by atoms with Gasteiger partial charge < -0.3 is 9.88 Å². The molecule has 0 saturated heterocycles. The van der Waals surface area contributed by atoms with Crippen molar-refractivity contribution in [3.8, 4) is 11.3 Å². The first-order valence-corrected chi connectivity index (χ1v) is 5.62. The zero-order valence-electron chi connectivity index (χ0n) is 9.70. The third-order valence-electron chi connectivity index (χ3n) is 2.74. The molecule has 83 valence electrons. The number of nitrogens with one attached hydrogen (secondary N) is 1. The molecule has 0 aliphatic heterocycles. The normalized spacial score (nSPS) is 10.4. The molecule has 1 N–H and O–H groups in total. The fourth-order valence-electron chi connectivity index (χ4n) is 1.81. The molecule has 3 nitrogen and oxygen atoms in total. The molecule has 1 radical (unpaired) electrons. The summed E-state index contributed by atoms with van der Waals surface area (Å²) >= 11 is 0. The molecule has 0 fully saturated rings. The highest BCUT2D eigenvalue weighted by molar-refractivity contribution is 5.62. The highest BCUT2D eigenvalue weighted by Gasteiger charge is 2.03. The van der Waals surface area contributed by atoms with Crippen LogP contribution in [0.2, 0.25) is 0 Å². The average molecular weight is 214 g/mol. The van der Waals surface area contributed by atoms with Gasteiger partial charge >= 0.3 is 0 Å². The summed E-state index contributed by atoms with van der Waals surface area (Å²) in [5.74, 6) is 0. The van der Waals surface area contributed by atoms with Gasteiger partial charge in [-0.1, -0.05) is 12.1 Å². The van der Waals surface area contributed by atoms with E-state index >= 15 is 0 Å². The number of anilines is 1. The Balaban J connectivity index is 2.22. The minimum absolute atomic E-state index is 0.936. The zero-order valence-corrected chi connectivity index (χ0v) is 9.70. The number of aromatic nitrogens is 2. The van der Waals surface area contributed by atoms with Crippen LogP contribution in [0.25, 0.3) is 11.3 Å². The van der Waals surface area contributed by atoms with Crippen LogP contribution in [0, 0.1) is 6.33 Å². The van der Waals surface area contributed by atoms with Crippen molar-refractivity contribution in [1.82, 2.24) is 9.97 Å². The highest BCUT2D eigenvalue weighted by Crippen LogP contribution is 2.20. The Hall–Kier alpha value is -1.77. The number of hydrogen-bond donors (Lipinski definition) is 1. The predicted molar refractivity (Wildman–Crippen MR) is 66.4 cm³/mol. The Morgan fingerprint density at radius 2 is 1.88 bits per heavy atom. The maximum atomic E-state index is 4.11. The van der Waals surface area contributed by atoms with Crippen LogP contribution in [0.15, 0.2) is 30.5 Å². The molecule has 1 aromatic carbocycles. The van der Waals surface area contributed by atoms with Crippen LogP contribution in [0.5, 0.6) is 0 Å². The molecule has 0 saturated carbocycles. The first-order chi connectivity index (χ1) is 7.85. The maximum Gasteiger partial charge on any atom is 0.174 e. The van der Waals surface area contributed by atoms with E-state index in [4.69, 9.17) is 0 Å². The lowest BCUT2D eigenvalue weighted by molar-refractivity contribution is 0.866. The summed E-state index contributed by atoms with van der Waals surface area (Å²) < 4.78 is 0. The maximum absolute atomic E-state index is 4.11. The summed E-state index contributed by atoms with van der Waals surface area (Å²) in [4.78, 5) is 9.27. The third-order valence-corrected chi connectivity index (χ3v) is 2.74. The van der Waals surface area contributed by atoms with Crippen molar-refractivity contribution >= 4 is 5.69 Å². The van der Waals surface area contributed by atoms with Crippen molar-refractivity contribution < 1.29 is 0 Å². The minimum Gasteiger partial charge on any atom is -0.372 e. The second kappa shape index (κ2) is 4.84. The lowest BCUT2D eigenvalue weighted by atomic mass is 10.1. The predicted octanol–water partition coefficient (Wildman–Crippen LogP) is 2.72. The monoisotopic (exact) mass is 214 g/mol. The van der Waals surface area contributed by atoms with Gasteiger partial charge in [-0.25, -0.2) is 4.98 Å². The van der Waals surface area contributed by atoms with E-state index in [9.17, 15) is 0 Å². The van der Waals surface area contributed by atoms with Crippen molar-refractivity contribution in [2.75, 3.05) is 18.0 Å². The molecule has 0 spiro atoms. The van der Waals surface area contributed by atoms with Crippen LogP contribution in [0.3, 0.4) is 0 Å². The van der Waals surface area contributed by atoms with Crippen molar-refractivity contribution in [2.45, 2.75) is 13.8 Å². The third kappa shape index (κ3) is 2.08. The van der Waals surface area contributed by atoms with E-state index in [0.717, 1.165) is 24.3 Å². The van der Waals surface area contributed by atoms with Crippen LogP contribution < -0.4 is 4.90 Å². The van der Waals surface area contributed by atoms with Crippen molar-refractivity contribution in [3.63, 3.8) is 0 Å². The van der Waals surface area contributed by atoms with Gasteiger partial charge in [-0.2, -0.15) is 0 Å². The molecule has 0 aliphatic carbocycles. The highest BCUT2D eigenvalue weighted by atomic mass is 15.1. The summed E-state index contributed by atoms with van der Waals surface area (Å²) in [6, 6.07) is 8.46. The molecule has 2 aromatic rings. The first kappa shape index (κ1) is 10.7. The van der Waals surface area contributed by atoms with E-state index in [1.807, 2.05) is 6.20 Å². The van der Waals surface area contributed by atoms with Crippen LogP contribution in [0.1, 0.15) is 13.8 Å². The largest absolute Gasteiger partial charge is 0.372 e. The van der Waals surface area contributed by atoms with Gasteiger partial charge in [0, 0.05) is 30.5 Å². The van der Waals surface area contributed by atoms with Gasteiger partial charge in [-0.15, -0.1) is 0 Å². The van der Waals surface area contributed by atoms with Crippen LogP contribution in [-0.2, 0) is 0 Å². The summed E-state index contributed by atoms with van der Waals surface area (Å²) in [5, 5.41) is 0. The van der Waals surface area contributed by atoms with E-state index in [0.29, 0.717) is 0 Å². The number of H-pyrrole nitrogens is 1. The Morgan fingerprint density at radius 3 is 2.38 bits per heavy atom. The summed E-state index contributed by atoms with van der Waals surface area (Å²) in [6.07, 6.45) is 4.56. The lowest BCUT2D eigenvalue weighted by Crippen LogP contribution is -2.21. The molecule has 1 heterocycles. The molecule has 16 heavy (non-hydrogen) atoms. The standard InChI is InChI=1S/C13H16N3/c1-3-16(4-2)12-7-5-11(6-8-12)13-9-14-10-15-13/h5-9H,3-4H2,1-2H3,(H,14,15). The number of aromatic amines is 1. The Labute approximate surface area is 96.1 Å². The Kier molecular flexibility index (Phi) is 3.25. The van der Waals surface area contributed by atoms with Gasteiger partial charge in [0.1, 0.15) is 0 Å². The molecule has 0 bridgehead atoms. The fourth-order valence-corrected chi connectivity index (χ4v) is 1.81. The number of imidazole rings is 1. The number of benzene rings is 1. The zero-order chi connectivity index (χ0) is 11.4. The van der Waals surface area contributed by atoms with Gasteiger partial charge in [0.2, 0.25) is 0 Å². The quantitative estimate of drug-likeness (QED) is 0.848. The van der Waals surface area contributed by atoms with Crippen LogP contribution >= 0.6 is 0 Å². The summed E-state index contributed by atoms with van der Waals surface area (Å²) in [7, 11) is 0. The van der Waals surface area contributed by atoms with Gasteiger partial charge in [-0.05, 0) is 26.0 Å². The molecule has 0 atom stereocenters. The molecule has 0 amide bonds. The fraction of sp³-hybridized carbons (Fsp3) is 0.308. The van der Waals surface area contributed by atoms with E-state index in [1.165, 1.54) is 5.69 Å². The van der Waals surface area contributed by atoms with Crippen molar-refractivity contribution in [3.05, 3.63) is 36.8 Å². The minimum atomic E-state index is 0.936. The molecule has 2 rings (SSSR count). The molecule has 0 unspecified atom stereocenters. The lowest BCUT2D eigenvalue weighted by Gasteiger charge is -2.20. The second-order valence-corrected chi connectivity index (χ2v) is 3.62. The summed E-state index contributed by atoms with van der Waals surface area (Å²) in [6.45, 7) is 6.40. The SMILES string of the molecule is CCN(CC)c1ccc(-c2c[nH][c]n2)cc1. The Bertz CT molecular complexity index is 413. The first-order valence-electron chi connectivity index (χ1n) is 5.62. The molecule has 0 aliphatic rings. The topological polar surface area (TPSA) is 31.9 Å². The molecule has 3 heteroatoms. The van der Waals surface area contributed by atoms with Gasteiger partial charge in [0.05, 0.1) is 5.69 Å². The van der Waals surface area contributed by atoms with E-state index in [1.54, 1.807) is 0 Å². The van der Waals surface area contributed by atoms with Crippen molar-refractivity contribution in [2.24, 2.45) is 0 Å². The number of nitrogens with zero attached hydrogens (tertiary/aromatic N) is 2.